The highest BCUT2D eigenvalue weighted by Crippen LogP contribution is 2.16. The van der Waals surface area contributed by atoms with Crippen LogP contribution in [0.25, 0.3) is 0 Å². The number of carbonyl (C=O) groups excluding carboxylic acids is 1. The quantitative estimate of drug-likeness (QED) is 0.570. The van der Waals surface area contributed by atoms with Crippen molar-refractivity contribution in [3.05, 3.63) is 42.5 Å². The van der Waals surface area contributed by atoms with Crippen LogP contribution in [0.5, 0.6) is 5.75 Å². The van der Waals surface area contributed by atoms with E-state index in [2.05, 4.69) is 17.2 Å². The summed E-state index contributed by atoms with van der Waals surface area (Å²) < 4.78 is 5.09. The number of methoxy groups -OCH3 is 1. The van der Waals surface area contributed by atoms with Crippen LogP contribution in [-0.2, 0) is 4.79 Å². The van der Waals surface area contributed by atoms with Crippen molar-refractivity contribution in [2.45, 2.75) is 13.0 Å². The van der Waals surface area contributed by atoms with Crippen molar-refractivity contribution < 1.29 is 9.53 Å². The standard InChI is InChI=1S/C14H20N2O2/c1-4-9-15-10-14(17)16-11(2)12-5-7-13(18-3)8-6-12/h4-8,11,15H,1,9-10H2,2-3H3,(H,16,17)/t11-/m0/s1. The molecule has 0 aliphatic heterocycles. The molecule has 2 N–H and O–H groups in total. The van der Waals surface area contributed by atoms with E-state index >= 15 is 0 Å². The topological polar surface area (TPSA) is 50.4 Å². The molecule has 1 amide bonds. The molecule has 0 saturated carbocycles. The maximum atomic E-state index is 11.6. The molecule has 0 heterocycles. The third-order valence-electron chi connectivity index (χ3n) is 2.57. The first-order valence-electron chi connectivity index (χ1n) is 5.92. The zero-order valence-corrected chi connectivity index (χ0v) is 10.9. The lowest BCUT2D eigenvalue weighted by molar-refractivity contribution is -0.120. The minimum atomic E-state index is -0.0276. The summed E-state index contributed by atoms with van der Waals surface area (Å²) in [6.07, 6.45) is 1.72. The van der Waals surface area contributed by atoms with E-state index < -0.39 is 0 Å². The second-order valence-electron chi connectivity index (χ2n) is 3.98. The first-order valence-corrected chi connectivity index (χ1v) is 5.92. The predicted octanol–water partition coefficient (Wildman–Crippen LogP) is 1.65. The van der Waals surface area contributed by atoms with Crippen molar-refractivity contribution >= 4 is 5.91 Å². The van der Waals surface area contributed by atoms with Crippen LogP contribution in [-0.4, -0.2) is 26.1 Å². The Hall–Kier alpha value is -1.81. The fraction of sp³-hybridized carbons (Fsp3) is 0.357. The molecule has 18 heavy (non-hydrogen) atoms. The third-order valence-corrected chi connectivity index (χ3v) is 2.57. The molecular weight excluding hydrogens is 228 g/mol. The van der Waals surface area contributed by atoms with E-state index in [1.54, 1.807) is 13.2 Å². The molecular formula is C14H20N2O2. The SMILES string of the molecule is C=CCNCC(=O)N[C@@H](C)c1ccc(OC)cc1. The molecule has 0 spiro atoms. The average molecular weight is 248 g/mol. The number of benzene rings is 1. The predicted molar refractivity (Wildman–Crippen MR) is 72.6 cm³/mol. The Balaban J connectivity index is 2.45. The van der Waals surface area contributed by atoms with Gasteiger partial charge in [0.05, 0.1) is 19.7 Å². The molecule has 4 nitrogen and oxygen atoms in total. The summed E-state index contributed by atoms with van der Waals surface area (Å²) in [6, 6.07) is 7.64. The molecule has 98 valence electrons. The van der Waals surface area contributed by atoms with Gasteiger partial charge < -0.3 is 15.4 Å². The summed E-state index contributed by atoms with van der Waals surface area (Å²) in [4.78, 5) is 11.6. The molecule has 0 aromatic heterocycles. The first kappa shape index (κ1) is 14.3. The van der Waals surface area contributed by atoms with Crippen molar-refractivity contribution in [2.24, 2.45) is 0 Å². The summed E-state index contributed by atoms with van der Waals surface area (Å²) in [6.45, 7) is 6.46. The number of nitrogens with one attached hydrogen (secondary N) is 2. The number of hydrogen-bond donors (Lipinski definition) is 2. The molecule has 0 unspecified atom stereocenters. The van der Waals surface area contributed by atoms with Gasteiger partial charge in [-0.05, 0) is 24.6 Å². The molecule has 1 aromatic carbocycles. The van der Waals surface area contributed by atoms with Crippen molar-refractivity contribution in [2.75, 3.05) is 20.2 Å². The number of amides is 1. The molecule has 1 rings (SSSR count). The molecule has 4 heteroatoms. The minimum absolute atomic E-state index is 0.0195. The summed E-state index contributed by atoms with van der Waals surface area (Å²) in [5.74, 6) is 0.782. The van der Waals surface area contributed by atoms with E-state index in [0.29, 0.717) is 13.1 Å². The molecule has 1 atom stereocenters. The van der Waals surface area contributed by atoms with Crippen LogP contribution in [0.3, 0.4) is 0 Å². The number of hydrogen-bond acceptors (Lipinski definition) is 3. The van der Waals surface area contributed by atoms with Gasteiger partial charge in [0, 0.05) is 6.54 Å². The summed E-state index contributed by atoms with van der Waals surface area (Å²) in [5.41, 5.74) is 1.05. The highest BCUT2D eigenvalue weighted by Gasteiger charge is 2.08. The Labute approximate surface area is 108 Å². The lowest BCUT2D eigenvalue weighted by Gasteiger charge is -2.14. The average Bonchev–Trinajstić information content (AvgIpc) is 2.39. The lowest BCUT2D eigenvalue weighted by atomic mass is 10.1. The van der Waals surface area contributed by atoms with Gasteiger partial charge in [0.25, 0.3) is 0 Å². The molecule has 0 bridgehead atoms. The smallest absolute Gasteiger partial charge is 0.234 e. The second kappa shape index (κ2) is 7.50. The zero-order chi connectivity index (χ0) is 13.4. The first-order chi connectivity index (χ1) is 8.67. The summed E-state index contributed by atoms with van der Waals surface area (Å²) in [7, 11) is 1.63. The highest BCUT2D eigenvalue weighted by molar-refractivity contribution is 5.78. The van der Waals surface area contributed by atoms with Gasteiger partial charge in [-0.1, -0.05) is 18.2 Å². The normalized spacial score (nSPS) is 11.7. The Kier molecular flexibility index (Phi) is 5.94. The lowest BCUT2D eigenvalue weighted by Crippen LogP contribution is -2.35. The van der Waals surface area contributed by atoms with Crippen LogP contribution in [0.4, 0.5) is 0 Å². The molecule has 0 fully saturated rings. The number of rotatable bonds is 7. The molecule has 0 aliphatic rings. The van der Waals surface area contributed by atoms with E-state index in [4.69, 9.17) is 4.74 Å². The van der Waals surface area contributed by atoms with Crippen molar-refractivity contribution in [1.29, 1.82) is 0 Å². The van der Waals surface area contributed by atoms with Crippen LogP contribution in [0.1, 0.15) is 18.5 Å². The van der Waals surface area contributed by atoms with Gasteiger partial charge in [-0.25, -0.2) is 0 Å². The molecule has 0 aliphatic carbocycles. The maximum Gasteiger partial charge on any atom is 0.234 e. The van der Waals surface area contributed by atoms with Gasteiger partial charge in [-0.2, -0.15) is 0 Å². The maximum absolute atomic E-state index is 11.6. The Bertz CT molecular complexity index is 387. The van der Waals surface area contributed by atoms with E-state index in [-0.39, 0.29) is 11.9 Å². The Morgan fingerprint density at radius 3 is 2.67 bits per heavy atom. The second-order valence-corrected chi connectivity index (χ2v) is 3.98. The monoisotopic (exact) mass is 248 g/mol. The zero-order valence-electron chi connectivity index (χ0n) is 10.9. The highest BCUT2D eigenvalue weighted by atomic mass is 16.5. The fourth-order valence-corrected chi connectivity index (χ4v) is 1.56. The van der Waals surface area contributed by atoms with Gasteiger partial charge in [0.15, 0.2) is 0 Å². The van der Waals surface area contributed by atoms with Gasteiger partial charge in [-0.15, -0.1) is 6.58 Å². The molecule has 0 radical (unpaired) electrons. The Morgan fingerprint density at radius 1 is 1.44 bits per heavy atom. The van der Waals surface area contributed by atoms with Gasteiger partial charge in [0.1, 0.15) is 5.75 Å². The van der Waals surface area contributed by atoms with Gasteiger partial charge in [-0.3, -0.25) is 4.79 Å². The number of carbonyl (C=O) groups is 1. The van der Waals surface area contributed by atoms with E-state index in [9.17, 15) is 4.79 Å². The van der Waals surface area contributed by atoms with Gasteiger partial charge in [0.2, 0.25) is 5.91 Å². The largest absolute Gasteiger partial charge is 0.497 e. The third kappa shape index (κ3) is 4.59. The van der Waals surface area contributed by atoms with Crippen LogP contribution >= 0.6 is 0 Å². The van der Waals surface area contributed by atoms with Gasteiger partial charge >= 0.3 is 0 Å². The molecule has 1 aromatic rings. The molecule has 0 saturated heterocycles. The van der Waals surface area contributed by atoms with Crippen molar-refractivity contribution in [3.8, 4) is 5.75 Å². The van der Waals surface area contributed by atoms with Crippen molar-refractivity contribution in [3.63, 3.8) is 0 Å². The Morgan fingerprint density at radius 2 is 2.11 bits per heavy atom. The van der Waals surface area contributed by atoms with E-state index in [1.165, 1.54) is 0 Å². The van der Waals surface area contributed by atoms with Crippen LogP contribution < -0.4 is 15.4 Å². The van der Waals surface area contributed by atoms with Crippen molar-refractivity contribution in [1.82, 2.24) is 10.6 Å². The summed E-state index contributed by atoms with van der Waals surface area (Å²) >= 11 is 0. The number of ether oxygens (including phenoxy) is 1. The van der Waals surface area contributed by atoms with E-state index in [1.807, 2.05) is 31.2 Å². The van der Waals surface area contributed by atoms with Crippen LogP contribution in [0, 0.1) is 0 Å². The summed E-state index contributed by atoms with van der Waals surface area (Å²) in [5, 5.41) is 5.88. The van der Waals surface area contributed by atoms with Crippen LogP contribution in [0.15, 0.2) is 36.9 Å². The fourth-order valence-electron chi connectivity index (χ4n) is 1.56. The minimum Gasteiger partial charge on any atom is -0.497 e. The van der Waals surface area contributed by atoms with E-state index in [0.717, 1.165) is 11.3 Å². The van der Waals surface area contributed by atoms with Crippen LogP contribution in [0.2, 0.25) is 0 Å².